The molecule has 2 amide bonds. The molecule has 4 heterocycles. The second-order valence-corrected chi connectivity index (χ2v) is 9.31. The number of anilines is 1. The summed E-state index contributed by atoms with van der Waals surface area (Å²) in [6.07, 6.45) is 5.87. The van der Waals surface area contributed by atoms with Crippen molar-refractivity contribution in [1.82, 2.24) is 24.9 Å². The van der Waals surface area contributed by atoms with Crippen LogP contribution in [0.5, 0.6) is 0 Å². The van der Waals surface area contributed by atoms with Gasteiger partial charge in [-0.25, -0.2) is 9.48 Å². The van der Waals surface area contributed by atoms with Gasteiger partial charge in [-0.15, -0.1) is 5.10 Å². The smallest absolute Gasteiger partial charge is 0.336 e. The molecule has 0 atom stereocenters. The fourth-order valence-corrected chi connectivity index (χ4v) is 4.91. The fraction of sp³-hybridized carbons (Fsp3) is 0.360. The van der Waals surface area contributed by atoms with E-state index in [1.54, 1.807) is 22.1 Å². The molecule has 36 heavy (non-hydrogen) atoms. The van der Waals surface area contributed by atoms with Crippen molar-refractivity contribution < 1.29 is 24.6 Å². The van der Waals surface area contributed by atoms with Gasteiger partial charge < -0.3 is 20.0 Å². The molecule has 2 aromatic heterocycles. The highest BCUT2D eigenvalue weighted by atomic mass is 16.4. The minimum Gasteiger partial charge on any atom is -0.478 e. The first-order chi connectivity index (χ1) is 17.2. The highest BCUT2D eigenvalue weighted by molar-refractivity contribution is 5.98. The Morgan fingerprint density at radius 1 is 1.11 bits per heavy atom. The number of aromatic nitrogens is 4. The van der Waals surface area contributed by atoms with E-state index in [4.69, 9.17) is 0 Å². The zero-order valence-electron chi connectivity index (χ0n) is 19.8. The SMILES string of the molecule is CC(=O)N1CCc2cc(C(=O)N3CCC(O)(Cn4cc(-c5cnccc5C(=O)O)nn4)CC3)ccc21. The highest BCUT2D eigenvalue weighted by Crippen LogP contribution is 2.31. The topological polar surface area (TPSA) is 142 Å². The maximum Gasteiger partial charge on any atom is 0.336 e. The van der Waals surface area contributed by atoms with E-state index in [2.05, 4.69) is 15.3 Å². The highest BCUT2D eigenvalue weighted by Gasteiger charge is 2.35. The van der Waals surface area contributed by atoms with E-state index >= 15 is 0 Å². The van der Waals surface area contributed by atoms with Gasteiger partial charge >= 0.3 is 5.97 Å². The van der Waals surface area contributed by atoms with Gasteiger partial charge in [-0.2, -0.15) is 0 Å². The molecule has 11 nitrogen and oxygen atoms in total. The predicted molar refractivity (Wildman–Crippen MR) is 128 cm³/mol. The number of carboxylic acids is 1. The van der Waals surface area contributed by atoms with Gasteiger partial charge in [-0.05, 0) is 49.1 Å². The summed E-state index contributed by atoms with van der Waals surface area (Å²) >= 11 is 0. The standard InChI is InChI=1S/C25H26N6O5/c1-16(32)31-9-5-17-12-18(2-3-22(17)31)23(33)29-10-6-25(36,7-11-29)15-30-14-21(27-28-30)20-13-26-8-4-19(20)24(34)35/h2-4,8,12-14,36H,5-7,9-11,15H2,1H3,(H,34,35). The number of rotatable bonds is 5. The number of carbonyl (C=O) groups is 3. The molecule has 11 heteroatoms. The zero-order valence-corrected chi connectivity index (χ0v) is 19.8. The lowest BCUT2D eigenvalue weighted by atomic mass is 9.91. The summed E-state index contributed by atoms with van der Waals surface area (Å²) in [6, 6.07) is 6.85. The van der Waals surface area contributed by atoms with Crippen molar-refractivity contribution in [2.24, 2.45) is 0 Å². The molecule has 1 fully saturated rings. The van der Waals surface area contributed by atoms with Crippen molar-refractivity contribution in [2.75, 3.05) is 24.5 Å². The molecule has 3 aromatic rings. The van der Waals surface area contributed by atoms with Crippen molar-refractivity contribution in [2.45, 2.75) is 38.3 Å². The molecular formula is C25H26N6O5. The van der Waals surface area contributed by atoms with E-state index in [1.165, 1.54) is 30.1 Å². The average molecular weight is 491 g/mol. The Balaban J connectivity index is 1.23. The molecule has 0 aliphatic carbocycles. The van der Waals surface area contributed by atoms with Gasteiger partial charge in [0.15, 0.2) is 0 Å². The number of carbonyl (C=O) groups excluding carboxylic acids is 2. The monoisotopic (exact) mass is 490 g/mol. The second-order valence-electron chi connectivity index (χ2n) is 9.31. The first kappa shape index (κ1) is 23.6. The maximum atomic E-state index is 13.1. The zero-order chi connectivity index (χ0) is 25.4. The van der Waals surface area contributed by atoms with Gasteiger partial charge in [-0.1, -0.05) is 5.21 Å². The summed E-state index contributed by atoms with van der Waals surface area (Å²) in [5.41, 5.74) is 2.14. The summed E-state index contributed by atoms with van der Waals surface area (Å²) in [7, 11) is 0. The first-order valence-corrected chi connectivity index (χ1v) is 11.7. The summed E-state index contributed by atoms with van der Waals surface area (Å²) in [5.74, 6) is -1.19. The number of aromatic carboxylic acids is 1. The van der Waals surface area contributed by atoms with Crippen molar-refractivity contribution in [3.8, 4) is 11.3 Å². The van der Waals surface area contributed by atoms with Crippen LogP contribution < -0.4 is 4.90 Å². The quantitative estimate of drug-likeness (QED) is 0.549. The lowest BCUT2D eigenvalue weighted by Gasteiger charge is -2.38. The van der Waals surface area contributed by atoms with E-state index in [0.29, 0.717) is 49.3 Å². The third-order valence-electron chi connectivity index (χ3n) is 6.91. The molecule has 2 aliphatic heterocycles. The molecule has 186 valence electrons. The van der Waals surface area contributed by atoms with Crippen molar-refractivity contribution in [3.05, 3.63) is 59.5 Å². The number of aliphatic hydroxyl groups is 1. The molecule has 0 saturated carbocycles. The van der Waals surface area contributed by atoms with Crippen LogP contribution in [0.25, 0.3) is 11.3 Å². The van der Waals surface area contributed by atoms with Crippen LogP contribution in [-0.2, 0) is 17.8 Å². The summed E-state index contributed by atoms with van der Waals surface area (Å²) in [6.45, 7) is 3.11. The van der Waals surface area contributed by atoms with Crippen molar-refractivity contribution >= 4 is 23.5 Å². The Labute approximate surface area is 207 Å². The van der Waals surface area contributed by atoms with E-state index in [1.807, 2.05) is 12.1 Å². The van der Waals surface area contributed by atoms with Gasteiger partial charge in [0, 0.05) is 55.8 Å². The van der Waals surface area contributed by atoms with E-state index in [9.17, 15) is 24.6 Å². The number of hydrogen-bond donors (Lipinski definition) is 2. The van der Waals surface area contributed by atoms with Crippen LogP contribution in [0.2, 0.25) is 0 Å². The third kappa shape index (κ3) is 4.44. The van der Waals surface area contributed by atoms with Gasteiger partial charge in [0.1, 0.15) is 5.69 Å². The second kappa shape index (κ2) is 9.15. The molecule has 0 spiro atoms. The van der Waals surface area contributed by atoms with Crippen molar-refractivity contribution in [1.29, 1.82) is 0 Å². The molecule has 1 saturated heterocycles. The molecule has 1 aromatic carbocycles. The minimum atomic E-state index is -1.09. The molecule has 2 aliphatic rings. The Bertz CT molecular complexity index is 1340. The van der Waals surface area contributed by atoms with Crippen LogP contribution in [0.15, 0.2) is 42.9 Å². The molecular weight excluding hydrogens is 464 g/mol. The Kier molecular flexibility index (Phi) is 6.00. The molecule has 0 bridgehead atoms. The fourth-order valence-electron chi connectivity index (χ4n) is 4.91. The van der Waals surface area contributed by atoms with E-state index in [0.717, 1.165) is 17.7 Å². The Hall–Kier alpha value is -4.12. The van der Waals surface area contributed by atoms with Crippen LogP contribution in [0.1, 0.15) is 46.0 Å². The van der Waals surface area contributed by atoms with Crippen LogP contribution in [0.3, 0.4) is 0 Å². The molecule has 5 rings (SSSR count). The number of fused-ring (bicyclic) bond motifs is 1. The van der Waals surface area contributed by atoms with Gasteiger partial charge in [0.05, 0.1) is 23.9 Å². The van der Waals surface area contributed by atoms with Crippen molar-refractivity contribution in [3.63, 3.8) is 0 Å². The maximum absolute atomic E-state index is 13.1. The van der Waals surface area contributed by atoms with Gasteiger partial charge in [0.2, 0.25) is 5.91 Å². The number of likely N-dealkylation sites (tertiary alicyclic amines) is 1. The van der Waals surface area contributed by atoms with Crippen LogP contribution in [0.4, 0.5) is 5.69 Å². The number of carboxylic acid groups (broad SMARTS) is 1. The van der Waals surface area contributed by atoms with Gasteiger partial charge in [0.25, 0.3) is 5.91 Å². The van der Waals surface area contributed by atoms with Crippen LogP contribution in [0, 0.1) is 0 Å². The third-order valence-corrected chi connectivity index (χ3v) is 6.91. The normalized spacial score (nSPS) is 16.6. The lowest BCUT2D eigenvalue weighted by molar-refractivity contribution is -0.116. The lowest BCUT2D eigenvalue weighted by Crippen LogP contribution is -2.48. The first-order valence-electron chi connectivity index (χ1n) is 11.7. The largest absolute Gasteiger partial charge is 0.478 e. The van der Waals surface area contributed by atoms with E-state index < -0.39 is 11.6 Å². The summed E-state index contributed by atoms with van der Waals surface area (Å²) < 4.78 is 1.49. The number of hydrogen-bond acceptors (Lipinski definition) is 7. The summed E-state index contributed by atoms with van der Waals surface area (Å²) in [4.78, 5) is 43.8. The number of benzene rings is 1. The van der Waals surface area contributed by atoms with Crippen LogP contribution in [-0.4, -0.2) is 78.1 Å². The summed E-state index contributed by atoms with van der Waals surface area (Å²) in [5, 5.41) is 28.7. The predicted octanol–water partition coefficient (Wildman–Crippen LogP) is 1.61. The molecule has 0 radical (unpaired) electrons. The minimum absolute atomic E-state index is 0.00888. The van der Waals surface area contributed by atoms with Gasteiger partial charge in [-0.3, -0.25) is 14.6 Å². The molecule has 0 unspecified atom stereocenters. The molecule has 2 N–H and O–H groups in total. The number of nitrogens with zero attached hydrogens (tertiary/aromatic N) is 6. The Morgan fingerprint density at radius 2 is 1.89 bits per heavy atom. The average Bonchev–Trinajstić information content (AvgIpc) is 3.50. The number of piperidine rings is 1. The van der Waals surface area contributed by atoms with Crippen LogP contribution >= 0.6 is 0 Å². The Morgan fingerprint density at radius 3 is 2.61 bits per heavy atom. The number of amides is 2. The van der Waals surface area contributed by atoms with E-state index in [-0.39, 0.29) is 23.9 Å². The number of pyridine rings is 1.